The van der Waals surface area contributed by atoms with E-state index in [1.807, 2.05) is 17.0 Å². The van der Waals surface area contributed by atoms with Gasteiger partial charge in [-0.05, 0) is 51.5 Å². The highest BCUT2D eigenvalue weighted by atomic mass is 32.2. The van der Waals surface area contributed by atoms with E-state index in [9.17, 15) is 13.2 Å². The van der Waals surface area contributed by atoms with E-state index in [1.54, 1.807) is 27.1 Å². The minimum atomic E-state index is -3.92. The smallest absolute Gasteiger partial charge is 0.422 e. The van der Waals surface area contributed by atoms with E-state index < -0.39 is 21.9 Å². The Kier molecular flexibility index (Phi) is 5.13. The van der Waals surface area contributed by atoms with Crippen molar-refractivity contribution in [1.29, 1.82) is 0 Å². The Labute approximate surface area is 176 Å². The molecule has 1 spiro atoms. The Morgan fingerprint density at radius 3 is 2.60 bits per heavy atom. The number of hydrogen-bond donors (Lipinski definition) is 2. The molecule has 0 unspecified atom stereocenters. The van der Waals surface area contributed by atoms with Crippen molar-refractivity contribution in [2.75, 3.05) is 31.1 Å². The second-order valence-electron chi connectivity index (χ2n) is 9.12. The molecule has 30 heavy (non-hydrogen) atoms. The van der Waals surface area contributed by atoms with Crippen molar-refractivity contribution in [2.45, 2.75) is 45.6 Å². The number of carbonyl (C=O) groups excluding carboxylic acids is 1. The minimum absolute atomic E-state index is 0.0799. The Hall–Kier alpha value is -2.40. The number of ether oxygens (including phenoxy) is 1. The fourth-order valence-electron chi connectivity index (χ4n) is 4.28. The molecule has 2 fully saturated rings. The van der Waals surface area contributed by atoms with Gasteiger partial charge >= 0.3 is 16.3 Å². The van der Waals surface area contributed by atoms with Crippen LogP contribution in [0.15, 0.2) is 18.6 Å². The average Bonchev–Trinajstić information content (AvgIpc) is 3.28. The number of hydrogen-bond acceptors (Lipinski definition) is 7. The van der Waals surface area contributed by atoms with Crippen molar-refractivity contribution in [2.24, 2.45) is 5.41 Å². The molecule has 10 nitrogen and oxygen atoms in total. The Bertz CT molecular complexity index is 1040. The zero-order valence-corrected chi connectivity index (χ0v) is 18.3. The Balaban J connectivity index is 1.39. The van der Waals surface area contributed by atoms with Crippen LogP contribution >= 0.6 is 0 Å². The molecular formula is C19H28N6O4S. The summed E-state index contributed by atoms with van der Waals surface area (Å²) < 4.78 is 33.8. The fourth-order valence-corrected chi connectivity index (χ4v) is 5.44. The number of rotatable bonds is 3. The monoisotopic (exact) mass is 436 g/mol. The SMILES string of the molecule is CC(C)(C)OC(=O)NS(=O)(=O)N1CCC2(CCN(c3ncnc4[nH]ccc34)CC2)C1. The fraction of sp³-hybridized carbons (Fsp3) is 0.632. The van der Waals surface area contributed by atoms with Crippen molar-refractivity contribution >= 4 is 33.2 Å². The van der Waals surface area contributed by atoms with Crippen LogP contribution in [0.4, 0.5) is 10.6 Å². The molecule has 0 aliphatic carbocycles. The summed E-state index contributed by atoms with van der Waals surface area (Å²) in [4.78, 5) is 26.0. The molecule has 2 aliphatic rings. The van der Waals surface area contributed by atoms with E-state index in [-0.39, 0.29) is 5.41 Å². The molecule has 0 atom stereocenters. The predicted molar refractivity (Wildman–Crippen MR) is 112 cm³/mol. The largest absolute Gasteiger partial charge is 0.443 e. The summed E-state index contributed by atoms with van der Waals surface area (Å²) in [7, 11) is -3.92. The number of fused-ring (bicyclic) bond motifs is 1. The van der Waals surface area contributed by atoms with E-state index >= 15 is 0 Å². The molecule has 2 aliphatic heterocycles. The number of nitrogens with zero attached hydrogens (tertiary/aromatic N) is 4. The lowest BCUT2D eigenvalue weighted by atomic mass is 9.78. The summed E-state index contributed by atoms with van der Waals surface area (Å²) in [5.41, 5.74) is -0.0276. The van der Waals surface area contributed by atoms with Crippen LogP contribution in [-0.2, 0) is 14.9 Å². The van der Waals surface area contributed by atoms with Crippen LogP contribution in [0.5, 0.6) is 0 Å². The second kappa shape index (κ2) is 7.38. The lowest BCUT2D eigenvalue weighted by molar-refractivity contribution is 0.0567. The quantitative estimate of drug-likeness (QED) is 0.755. The first-order valence-electron chi connectivity index (χ1n) is 10.1. The van der Waals surface area contributed by atoms with Gasteiger partial charge in [-0.3, -0.25) is 0 Å². The molecule has 2 aromatic rings. The van der Waals surface area contributed by atoms with Gasteiger partial charge in [0.15, 0.2) is 0 Å². The third kappa shape index (κ3) is 4.22. The average molecular weight is 437 g/mol. The number of aromatic nitrogens is 3. The molecule has 0 saturated carbocycles. The van der Waals surface area contributed by atoms with E-state index in [0.29, 0.717) is 13.1 Å². The highest BCUT2D eigenvalue weighted by Crippen LogP contribution is 2.42. The summed E-state index contributed by atoms with van der Waals surface area (Å²) in [6, 6.07) is 1.97. The maximum Gasteiger partial charge on any atom is 0.422 e. The van der Waals surface area contributed by atoms with Gasteiger partial charge in [0, 0.05) is 32.4 Å². The lowest BCUT2D eigenvalue weighted by Crippen LogP contribution is -2.46. The maximum absolute atomic E-state index is 12.6. The maximum atomic E-state index is 12.6. The van der Waals surface area contributed by atoms with Crippen molar-refractivity contribution in [3.05, 3.63) is 18.6 Å². The van der Waals surface area contributed by atoms with Gasteiger partial charge in [0.25, 0.3) is 0 Å². The number of amides is 1. The Morgan fingerprint density at radius 1 is 1.20 bits per heavy atom. The normalized spacial score (nSPS) is 20.0. The van der Waals surface area contributed by atoms with Gasteiger partial charge in [-0.2, -0.15) is 12.7 Å². The minimum Gasteiger partial charge on any atom is -0.443 e. The Morgan fingerprint density at radius 2 is 1.90 bits per heavy atom. The second-order valence-corrected chi connectivity index (χ2v) is 10.8. The van der Waals surface area contributed by atoms with Crippen LogP contribution in [0.2, 0.25) is 0 Å². The molecule has 0 aromatic carbocycles. The van der Waals surface area contributed by atoms with Crippen molar-refractivity contribution in [3.63, 3.8) is 0 Å². The summed E-state index contributed by atoms with van der Waals surface area (Å²) in [6.45, 7) is 7.47. The van der Waals surface area contributed by atoms with E-state index in [4.69, 9.17) is 4.74 Å². The highest BCUT2D eigenvalue weighted by Gasteiger charge is 2.45. The molecule has 4 heterocycles. The highest BCUT2D eigenvalue weighted by molar-refractivity contribution is 7.87. The van der Waals surface area contributed by atoms with Crippen molar-refractivity contribution in [1.82, 2.24) is 24.0 Å². The lowest BCUT2D eigenvalue weighted by Gasteiger charge is -2.39. The summed E-state index contributed by atoms with van der Waals surface area (Å²) >= 11 is 0. The summed E-state index contributed by atoms with van der Waals surface area (Å²) in [5.74, 6) is 0.908. The van der Waals surface area contributed by atoms with Gasteiger partial charge in [0.1, 0.15) is 23.4 Å². The summed E-state index contributed by atoms with van der Waals surface area (Å²) in [5, 5.41) is 0.991. The molecular weight excluding hydrogens is 408 g/mol. The van der Waals surface area contributed by atoms with Gasteiger partial charge in [-0.25, -0.2) is 19.5 Å². The van der Waals surface area contributed by atoms with Crippen LogP contribution in [0.3, 0.4) is 0 Å². The zero-order chi connectivity index (χ0) is 21.6. The number of aromatic amines is 1. The van der Waals surface area contributed by atoms with Crippen LogP contribution in [-0.4, -0.2) is 65.5 Å². The summed E-state index contributed by atoms with van der Waals surface area (Å²) in [6.07, 6.45) is 4.97. The standard InChI is InChI=1S/C19H28N6O4S/c1-18(2,3)29-17(26)23-30(27,28)25-11-7-19(12-25)5-9-24(10-6-19)16-14-4-8-20-15(14)21-13-22-16/h4,8,13H,5-7,9-12H2,1-3H3,(H,23,26)(H,20,21,22). The molecule has 1 amide bonds. The topological polar surface area (TPSA) is 121 Å². The number of carbonyl (C=O) groups is 1. The van der Waals surface area contributed by atoms with Gasteiger partial charge in [-0.1, -0.05) is 0 Å². The van der Waals surface area contributed by atoms with Crippen molar-refractivity contribution in [3.8, 4) is 0 Å². The van der Waals surface area contributed by atoms with Crippen LogP contribution < -0.4 is 9.62 Å². The number of H-pyrrole nitrogens is 1. The first-order chi connectivity index (χ1) is 14.1. The third-order valence-electron chi connectivity index (χ3n) is 5.81. The third-order valence-corrected chi connectivity index (χ3v) is 7.23. The van der Waals surface area contributed by atoms with Gasteiger partial charge in [0.05, 0.1) is 5.39 Å². The van der Waals surface area contributed by atoms with Gasteiger partial charge in [-0.15, -0.1) is 0 Å². The molecule has 0 radical (unpaired) electrons. The predicted octanol–water partition coefficient (Wildman–Crippen LogP) is 2.02. The number of anilines is 1. The molecule has 2 saturated heterocycles. The molecule has 4 rings (SSSR count). The molecule has 0 bridgehead atoms. The molecule has 164 valence electrons. The van der Waals surface area contributed by atoms with Crippen LogP contribution in [0, 0.1) is 5.41 Å². The van der Waals surface area contributed by atoms with Gasteiger partial charge < -0.3 is 14.6 Å². The van der Waals surface area contributed by atoms with Crippen LogP contribution in [0.1, 0.15) is 40.0 Å². The van der Waals surface area contributed by atoms with Gasteiger partial charge in [0.2, 0.25) is 0 Å². The molecule has 2 N–H and O–H groups in total. The molecule has 11 heteroatoms. The molecule has 2 aromatic heterocycles. The van der Waals surface area contributed by atoms with Crippen molar-refractivity contribution < 1.29 is 17.9 Å². The van der Waals surface area contributed by atoms with Crippen LogP contribution in [0.25, 0.3) is 11.0 Å². The zero-order valence-electron chi connectivity index (χ0n) is 17.5. The number of piperidine rings is 1. The van der Waals surface area contributed by atoms with E-state index in [1.165, 1.54) is 4.31 Å². The first-order valence-corrected chi connectivity index (χ1v) is 11.5. The van der Waals surface area contributed by atoms with E-state index in [2.05, 4.69) is 19.9 Å². The number of nitrogens with one attached hydrogen (secondary N) is 2. The first kappa shape index (κ1) is 20.9. The van der Waals surface area contributed by atoms with E-state index in [0.717, 1.165) is 49.2 Å².